The number of carbonyl (C=O) groups is 1. The number of hydrogen-bond acceptors (Lipinski definition) is 3. The molecule has 0 radical (unpaired) electrons. The molecule has 5 nitrogen and oxygen atoms in total. The van der Waals surface area contributed by atoms with Crippen molar-refractivity contribution in [1.29, 1.82) is 0 Å². The SMILES string of the molecule is Cc1cc(-c2cc(F)cc3c2OC(CNC(=O)c2cc[n+]([O-])cc2)C3)ccc1F. The molecule has 7 heteroatoms. The van der Waals surface area contributed by atoms with Crippen molar-refractivity contribution in [3.63, 3.8) is 0 Å². The minimum atomic E-state index is -0.399. The van der Waals surface area contributed by atoms with Gasteiger partial charge < -0.3 is 15.3 Å². The fraction of sp³-hybridized carbons (Fsp3) is 0.182. The Kier molecular flexibility index (Phi) is 4.88. The normalized spacial score (nSPS) is 14.9. The van der Waals surface area contributed by atoms with E-state index in [0.717, 1.165) is 0 Å². The van der Waals surface area contributed by atoms with Crippen LogP contribution in [0, 0.1) is 23.8 Å². The molecule has 0 fully saturated rings. The fourth-order valence-electron chi connectivity index (χ4n) is 3.41. The summed E-state index contributed by atoms with van der Waals surface area (Å²) in [6, 6.07) is 10.2. The van der Waals surface area contributed by atoms with Gasteiger partial charge in [0.05, 0.1) is 12.1 Å². The Morgan fingerprint density at radius 3 is 2.69 bits per heavy atom. The van der Waals surface area contributed by atoms with E-state index in [2.05, 4.69) is 5.32 Å². The Labute approximate surface area is 166 Å². The number of aryl methyl sites for hydroxylation is 1. The summed E-state index contributed by atoms with van der Waals surface area (Å²) >= 11 is 0. The minimum Gasteiger partial charge on any atom is -0.619 e. The van der Waals surface area contributed by atoms with Crippen LogP contribution in [0.4, 0.5) is 8.78 Å². The number of carbonyl (C=O) groups excluding carboxylic acids is 1. The third-order valence-corrected chi connectivity index (χ3v) is 4.89. The number of aromatic nitrogens is 1. The van der Waals surface area contributed by atoms with Crippen LogP contribution in [-0.2, 0) is 6.42 Å². The van der Waals surface area contributed by atoms with Crippen LogP contribution in [0.1, 0.15) is 21.5 Å². The predicted molar refractivity (Wildman–Crippen MR) is 102 cm³/mol. The highest BCUT2D eigenvalue weighted by Gasteiger charge is 2.27. The number of hydrogen-bond donors (Lipinski definition) is 1. The molecule has 1 aliphatic rings. The third kappa shape index (κ3) is 3.89. The van der Waals surface area contributed by atoms with Gasteiger partial charge in [0.25, 0.3) is 5.91 Å². The zero-order chi connectivity index (χ0) is 20.5. The van der Waals surface area contributed by atoms with Gasteiger partial charge in [0.2, 0.25) is 0 Å². The average Bonchev–Trinajstić information content (AvgIpc) is 3.11. The van der Waals surface area contributed by atoms with E-state index < -0.39 is 5.82 Å². The van der Waals surface area contributed by atoms with Crippen LogP contribution in [0.2, 0.25) is 0 Å². The van der Waals surface area contributed by atoms with E-state index in [9.17, 15) is 18.8 Å². The number of pyridine rings is 1. The van der Waals surface area contributed by atoms with Gasteiger partial charge in [-0.25, -0.2) is 8.78 Å². The summed E-state index contributed by atoms with van der Waals surface area (Å²) in [7, 11) is 0. The lowest BCUT2D eigenvalue weighted by molar-refractivity contribution is -0.605. The first kappa shape index (κ1) is 18.9. The first-order valence-corrected chi connectivity index (χ1v) is 9.13. The van der Waals surface area contributed by atoms with Gasteiger partial charge >= 0.3 is 0 Å². The molecule has 148 valence electrons. The summed E-state index contributed by atoms with van der Waals surface area (Å²) < 4.78 is 34.4. The van der Waals surface area contributed by atoms with Crippen LogP contribution in [-0.4, -0.2) is 18.6 Å². The van der Waals surface area contributed by atoms with Crippen molar-refractivity contribution in [2.45, 2.75) is 19.4 Å². The molecular weight excluding hydrogens is 378 g/mol. The molecule has 0 bridgehead atoms. The quantitative estimate of drug-likeness (QED) is 0.544. The third-order valence-electron chi connectivity index (χ3n) is 4.89. The summed E-state index contributed by atoms with van der Waals surface area (Å²) in [6.07, 6.45) is 2.58. The Balaban J connectivity index is 1.51. The van der Waals surface area contributed by atoms with Gasteiger partial charge in [0.15, 0.2) is 12.4 Å². The fourth-order valence-corrected chi connectivity index (χ4v) is 3.41. The molecule has 3 aromatic rings. The first-order valence-electron chi connectivity index (χ1n) is 9.13. The van der Waals surface area contributed by atoms with Crippen molar-refractivity contribution in [3.05, 3.63) is 88.4 Å². The molecule has 2 heterocycles. The molecule has 1 aliphatic heterocycles. The van der Waals surface area contributed by atoms with Crippen LogP contribution >= 0.6 is 0 Å². The number of rotatable bonds is 4. The molecule has 1 N–H and O–H groups in total. The van der Waals surface area contributed by atoms with E-state index in [1.54, 1.807) is 19.1 Å². The van der Waals surface area contributed by atoms with E-state index >= 15 is 0 Å². The summed E-state index contributed by atoms with van der Waals surface area (Å²) in [4.78, 5) is 12.2. The van der Waals surface area contributed by atoms with Crippen molar-refractivity contribution in [2.75, 3.05) is 6.54 Å². The maximum absolute atomic E-state index is 14.2. The van der Waals surface area contributed by atoms with Gasteiger partial charge in [-0.15, -0.1) is 0 Å². The molecule has 2 aromatic carbocycles. The second kappa shape index (κ2) is 7.50. The Morgan fingerprint density at radius 1 is 1.21 bits per heavy atom. The molecule has 0 spiro atoms. The van der Waals surface area contributed by atoms with E-state index in [-0.39, 0.29) is 24.4 Å². The van der Waals surface area contributed by atoms with Crippen LogP contribution in [0.5, 0.6) is 5.75 Å². The van der Waals surface area contributed by atoms with Gasteiger partial charge in [0, 0.05) is 29.7 Å². The van der Waals surface area contributed by atoms with Gasteiger partial charge in [-0.1, -0.05) is 6.07 Å². The van der Waals surface area contributed by atoms with Crippen molar-refractivity contribution < 1.29 is 23.0 Å². The smallest absolute Gasteiger partial charge is 0.251 e. The standard InChI is InChI=1S/C22H18F2N2O3/c1-13-8-15(2-3-20(13)24)19-11-17(23)9-16-10-18(29-21(16)19)12-25-22(27)14-4-6-26(28)7-5-14/h2-9,11,18H,10,12H2,1H3,(H,25,27). The van der Waals surface area contributed by atoms with E-state index in [1.807, 2.05) is 0 Å². The zero-order valence-electron chi connectivity index (χ0n) is 15.6. The minimum absolute atomic E-state index is 0.225. The predicted octanol–water partition coefficient (Wildman–Crippen LogP) is 3.31. The maximum atomic E-state index is 14.2. The van der Waals surface area contributed by atoms with Gasteiger partial charge in [-0.3, -0.25) is 4.79 Å². The van der Waals surface area contributed by atoms with E-state index in [4.69, 9.17) is 4.74 Å². The summed E-state index contributed by atoms with van der Waals surface area (Å²) in [5, 5.41) is 13.8. The van der Waals surface area contributed by atoms with Crippen molar-refractivity contribution >= 4 is 5.91 Å². The lowest BCUT2D eigenvalue weighted by Gasteiger charge is -2.14. The Morgan fingerprint density at radius 2 is 1.97 bits per heavy atom. The van der Waals surface area contributed by atoms with Crippen LogP contribution in [0.3, 0.4) is 0 Å². The molecule has 4 rings (SSSR count). The van der Waals surface area contributed by atoms with Crippen molar-refractivity contribution in [1.82, 2.24) is 5.32 Å². The van der Waals surface area contributed by atoms with Crippen molar-refractivity contribution in [3.8, 4) is 16.9 Å². The topological polar surface area (TPSA) is 65.3 Å². The Bertz CT molecular complexity index is 1080. The number of halogens is 2. The second-order valence-electron chi connectivity index (χ2n) is 7.01. The summed E-state index contributed by atoms with van der Waals surface area (Å²) in [6.45, 7) is 1.87. The van der Waals surface area contributed by atoms with E-state index in [1.165, 1.54) is 42.7 Å². The summed E-state index contributed by atoms with van der Waals surface area (Å²) in [5.41, 5.74) is 2.75. The summed E-state index contributed by atoms with van der Waals surface area (Å²) in [5.74, 6) is -0.509. The van der Waals surface area contributed by atoms with Crippen LogP contribution in [0.15, 0.2) is 54.9 Å². The van der Waals surface area contributed by atoms with Crippen LogP contribution < -0.4 is 14.8 Å². The molecule has 0 saturated carbocycles. The number of ether oxygens (including phenoxy) is 1. The van der Waals surface area contributed by atoms with E-state index in [0.29, 0.717) is 44.7 Å². The van der Waals surface area contributed by atoms with Gasteiger partial charge in [0.1, 0.15) is 23.5 Å². The molecule has 1 unspecified atom stereocenters. The largest absolute Gasteiger partial charge is 0.619 e. The molecule has 0 saturated heterocycles. The molecule has 1 atom stereocenters. The number of benzene rings is 2. The molecule has 0 aliphatic carbocycles. The molecular formula is C22H18F2N2O3. The number of fused-ring (bicyclic) bond motifs is 1. The zero-order valence-corrected chi connectivity index (χ0v) is 15.6. The maximum Gasteiger partial charge on any atom is 0.251 e. The molecule has 1 amide bonds. The number of amides is 1. The number of nitrogens with one attached hydrogen (secondary N) is 1. The van der Waals surface area contributed by atoms with Gasteiger partial charge in [-0.05, 0) is 42.3 Å². The molecule has 1 aromatic heterocycles. The highest BCUT2D eigenvalue weighted by Crippen LogP contribution is 2.40. The monoisotopic (exact) mass is 396 g/mol. The highest BCUT2D eigenvalue weighted by molar-refractivity contribution is 5.93. The lowest BCUT2D eigenvalue weighted by Crippen LogP contribution is -2.35. The van der Waals surface area contributed by atoms with Crippen molar-refractivity contribution in [2.24, 2.45) is 0 Å². The van der Waals surface area contributed by atoms with Gasteiger partial charge in [-0.2, -0.15) is 4.73 Å². The lowest BCUT2D eigenvalue weighted by atomic mass is 9.99. The average molecular weight is 396 g/mol. The molecule has 29 heavy (non-hydrogen) atoms. The first-order chi connectivity index (χ1) is 13.9. The van der Waals surface area contributed by atoms with Crippen LogP contribution in [0.25, 0.3) is 11.1 Å². The Hall–Kier alpha value is -3.48. The second-order valence-corrected chi connectivity index (χ2v) is 7.01. The number of nitrogens with zero attached hydrogens (tertiary/aromatic N) is 1. The highest BCUT2D eigenvalue weighted by atomic mass is 19.1.